The Morgan fingerprint density at radius 3 is 2.66 bits per heavy atom. The van der Waals surface area contributed by atoms with Crippen LogP contribution in [0.15, 0.2) is 23.4 Å². The van der Waals surface area contributed by atoms with E-state index in [1.54, 1.807) is 30.0 Å². The highest BCUT2D eigenvalue weighted by molar-refractivity contribution is 7.98. The molecule has 1 atom stereocenters. The lowest BCUT2D eigenvalue weighted by Crippen LogP contribution is -2.19. The number of nitrogens with zero attached hydrogens (tertiary/aromatic N) is 7. The van der Waals surface area contributed by atoms with E-state index in [1.165, 1.54) is 16.4 Å². The average Bonchev–Trinajstić information content (AvgIpc) is 3.02. The maximum atomic E-state index is 6.15. The number of rotatable bonds is 7. The summed E-state index contributed by atoms with van der Waals surface area (Å²) in [4.78, 5) is 14.3. The van der Waals surface area contributed by atoms with Crippen molar-refractivity contribution in [2.24, 2.45) is 0 Å². The minimum atomic E-state index is -0.492. The summed E-state index contributed by atoms with van der Waals surface area (Å²) < 4.78 is 7.20. The summed E-state index contributed by atoms with van der Waals surface area (Å²) in [5.74, 6) is 8.57. The zero-order valence-electron chi connectivity index (χ0n) is 15.9. The molecule has 0 spiro atoms. The third-order valence-corrected chi connectivity index (χ3v) is 5.14. The molecule has 0 aliphatic heterocycles. The van der Waals surface area contributed by atoms with Crippen LogP contribution in [0.25, 0.3) is 0 Å². The van der Waals surface area contributed by atoms with Crippen LogP contribution in [0.2, 0.25) is 10.0 Å². The second-order valence-corrected chi connectivity index (χ2v) is 7.92. The number of ether oxygens (including phenoxy) is 1. The Hall–Kier alpha value is -2.50. The van der Waals surface area contributed by atoms with Gasteiger partial charge in [-0.3, -0.25) is 0 Å². The SMILES string of the molecule is C[C@H](Oc1ccc(Cl)cc1Cl)c1nnc(SCc2nc(N)nc(N(C)C)n2)n1N. The van der Waals surface area contributed by atoms with E-state index in [4.69, 9.17) is 39.5 Å². The Morgan fingerprint density at radius 1 is 1.21 bits per heavy atom. The summed E-state index contributed by atoms with van der Waals surface area (Å²) >= 11 is 13.4. The predicted molar refractivity (Wildman–Crippen MR) is 114 cm³/mol. The molecule has 0 aliphatic carbocycles. The van der Waals surface area contributed by atoms with Crippen LogP contribution in [-0.4, -0.2) is 43.9 Å². The molecule has 10 nitrogen and oxygen atoms in total. The molecule has 0 saturated carbocycles. The smallest absolute Gasteiger partial charge is 0.229 e. The summed E-state index contributed by atoms with van der Waals surface area (Å²) in [6, 6.07) is 4.97. The van der Waals surface area contributed by atoms with Gasteiger partial charge in [0.15, 0.2) is 11.9 Å². The van der Waals surface area contributed by atoms with Gasteiger partial charge in [-0.05, 0) is 25.1 Å². The van der Waals surface area contributed by atoms with Gasteiger partial charge in [-0.2, -0.15) is 15.0 Å². The van der Waals surface area contributed by atoms with Crippen LogP contribution >= 0.6 is 35.0 Å². The first-order valence-corrected chi connectivity index (χ1v) is 10.1. The lowest BCUT2D eigenvalue weighted by Gasteiger charge is -2.15. The average molecular weight is 456 g/mol. The quantitative estimate of drug-likeness (QED) is 0.403. The molecule has 0 saturated heterocycles. The molecular weight excluding hydrogens is 437 g/mol. The molecule has 0 aliphatic rings. The largest absolute Gasteiger partial charge is 0.481 e. The van der Waals surface area contributed by atoms with Gasteiger partial charge >= 0.3 is 0 Å². The van der Waals surface area contributed by atoms with Crippen molar-refractivity contribution in [2.75, 3.05) is 30.6 Å². The van der Waals surface area contributed by atoms with Crippen LogP contribution in [0.3, 0.4) is 0 Å². The lowest BCUT2D eigenvalue weighted by atomic mass is 10.3. The molecule has 13 heteroatoms. The van der Waals surface area contributed by atoms with Crippen LogP contribution in [-0.2, 0) is 5.75 Å². The van der Waals surface area contributed by atoms with Gasteiger partial charge in [0.05, 0.1) is 10.8 Å². The van der Waals surface area contributed by atoms with E-state index in [0.717, 1.165) is 0 Å². The highest BCUT2D eigenvalue weighted by Gasteiger charge is 2.20. The number of thioether (sulfide) groups is 1. The van der Waals surface area contributed by atoms with Crippen molar-refractivity contribution in [3.8, 4) is 5.75 Å². The molecule has 2 aromatic heterocycles. The third kappa shape index (κ3) is 5.11. The fourth-order valence-corrected chi connectivity index (χ4v) is 3.47. The molecule has 154 valence electrons. The van der Waals surface area contributed by atoms with E-state index in [0.29, 0.717) is 44.3 Å². The van der Waals surface area contributed by atoms with Gasteiger partial charge in [0.1, 0.15) is 11.6 Å². The van der Waals surface area contributed by atoms with Crippen LogP contribution in [0.5, 0.6) is 5.75 Å². The van der Waals surface area contributed by atoms with Gasteiger partial charge < -0.3 is 21.2 Å². The summed E-state index contributed by atoms with van der Waals surface area (Å²) in [6.07, 6.45) is -0.492. The van der Waals surface area contributed by atoms with Crippen molar-refractivity contribution >= 4 is 46.9 Å². The number of aromatic nitrogens is 6. The first-order chi connectivity index (χ1) is 13.7. The van der Waals surface area contributed by atoms with Crippen molar-refractivity contribution in [3.05, 3.63) is 39.9 Å². The number of anilines is 2. The number of hydrogen-bond acceptors (Lipinski definition) is 10. The molecule has 0 unspecified atom stereocenters. The van der Waals surface area contributed by atoms with Gasteiger partial charge in [0.2, 0.25) is 17.1 Å². The highest BCUT2D eigenvalue weighted by atomic mass is 35.5. The maximum Gasteiger partial charge on any atom is 0.229 e. The fourth-order valence-electron chi connectivity index (χ4n) is 2.30. The Balaban J connectivity index is 1.70. The van der Waals surface area contributed by atoms with Gasteiger partial charge in [0, 0.05) is 19.1 Å². The second-order valence-electron chi connectivity index (χ2n) is 6.14. The summed E-state index contributed by atoms with van der Waals surface area (Å²) in [6.45, 7) is 1.79. The van der Waals surface area contributed by atoms with E-state index >= 15 is 0 Å². The molecule has 0 fully saturated rings. The van der Waals surface area contributed by atoms with Crippen LogP contribution in [0.4, 0.5) is 11.9 Å². The van der Waals surface area contributed by atoms with E-state index in [2.05, 4.69) is 25.1 Å². The molecule has 4 N–H and O–H groups in total. The standard InChI is InChI=1S/C16H19Cl2N9OS/c1-8(28-11-5-4-9(17)6-10(11)18)13-24-25-16(27(13)20)29-7-12-21-14(19)23-15(22-12)26(2)3/h4-6,8H,7,20H2,1-3H3,(H2,19,21,22,23)/t8-/m0/s1. The number of hydrogen-bond donors (Lipinski definition) is 2. The minimum Gasteiger partial charge on any atom is -0.481 e. The zero-order chi connectivity index (χ0) is 21.1. The van der Waals surface area contributed by atoms with Gasteiger partial charge in [-0.15, -0.1) is 10.2 Å². The van der Waals surface area contributed by atoms with Gasteiger partial charge in [-0.1, -0.05) is 35.0 Å². The number of nitrogen functional groups attached to an aromatic ring is 2. The molecule has 2 heterocycles. The first-order valence-electron chi connectivity index (χ1n) is 8.37. The zero-order valence-corrected chi connectivity index (χ0v) is 18.2. The van der Waals surface area contributed by atoms with E-state index in [9.17, 15) is 0 Å². The number of benzene rings is 1. The van der Waals surface area contributed by atoms with Gasteiger partial charge in [0.25, 0.3) is 0 Å². The summed E-state index contributed by atoms with van der Waals surface area (Å²) in [5.41, 5.74) is 5.74. The molecule has 3 aromatic rings. The molecular formula is C16H19Cl2N9OS. The van der Waals surface area contributed by atoms with Crippen molar-refractivity contribution in [1.82, 2.24) is 29.8 Å². The Morgan fingerprint density at radius 2 is 1.97 bits per heavy atom. The van der Waals surface area contributed by atoms with Crippen molar-refractivity contribution in [1.29, 1.82) is 0 Å². The number of nitrogens with two attached hydrogens (primary N) is 2. The number of halogens is 2. The summed E-state index contributed by atoms with van der Waals surface area (Å²) in [7, 11) is 3.64. The Kier molecular flexibility index (Phi) is 6.50. The topological polar surface area (TPSA) is 134 Å². The summed E-state index contributed by atoms with van der Waals surface area (Å²) in [5, 5.41) is 9.63. The molecule has 29 heavy (non-hydrogen) atoms. The predicted octanol–water partition coefficient (Wildman–Crippen LogP) is 2.56. The normalized spacial score (nSPS) is 12.0. The van der Waals surface area contributed by atoms with Crippen LogP contribution < -0.4 is 21.2 Å². The third-order valence-electron chi connectivity index (χ3n) is 3.67. The fraction of sp³-hybridized carbons (Fsp3) is 0.312. The minimum absolute atomic E-state index is 0.149. The van der Waals surface area contributed by atoms with E-state index < -0.39 is 6.10 Å². The Labute approximate surface area is 181 Å². The van der Waals surface area contributed by atoms with Crippen LogP contribution in [0, 0.1) is 0 Å². The first kappa shape index (κ1) is 21.2. The monoisotopic (exact) mass is 455 g/mol. The maximum absolute atomic E-state index is 6.15. The van der Waals surface area contributed by atoms with Crippen LogP contribution in [0.1, 0.15) is 24.7 Å². The highest BCUT2D eigenvalue weighted by Crippen LogP contribution is 2.31. The van der Waals surface area contributed by atoms with Crippen molar-refractivity contribution < 1.29 is 4.74 Å². The second kappa shape index (κ2) is 8.89. The lowest BCUT2D eigenvalue weighted by molar-refractivity contribution is 0.213. The van der Waals surface area contributed by atoms with Gasteiger partial charge in [-0.25, -0.2) is 4.68 Å². The molecule has 0 amide bonds. The van der Waals surface area contributed by atoms with Crippen molar-refractivity contribution in [2.45, 2.75) is 23.9 Å². The Bertz CT molecular complexity index is 1010. The molecule has 0 bridgehead atoms. The van der Waals surface area contributed by atoms with E-state index in [1.807, 2.05) is 14.1 Å². The molecule has 0 radical (unpaired) electrons. The van der Waals surface area contributed by atoms with Crippen molar-refractivity contribution in [3.63, 3.8) is 0 Å². The molecule has 1 aromatic carbocycles. The molecule has 3 rings (SSSR count). The van der Waals surface area contributed by atoms with E-state index in [-0.39, 0.29) is 5.95 Å².